The summed E-state index contributed by atoms with van der Waals surface area (Å²) >= 11 is 3.60. The summed E-state index contributed by atoms with van der Waals surface area (Å²) in [7, 11) is 5.58. The maximum Gasteiger partial charge on any atom is 0.119 e. The van der Waals surface area contributed by atoms with E-state index >= 15 is 0 Å². The fraction of sp³-hybridized carbons (Fsp3) is 0.357. The second-order valence-corrected chi connectivity index (χ2v) is 5.31. The van der Waals surface area contributed by atoms with E-state index in [0.29, 0.717) is 0 Å². The molecule has 0 aliphatic carbocycles. The Labute approximate surface area is 121 Å². The highest BCUT2D eigenvalue weighted by atomic mass is 79.9. The van der Waals surface area contributed by atoms with E-state index in [1.807, 2.05) is 43.3 Å². The number of aryl methyl sites for hydroxylation is 1. The molecule has 2 aromatic rings. The monoisotopic (exact) mass is 323 g/mol. The molecule has 0 radical (unpaired) electrons. The van der Waals surface area contributed by atoms with Crippen LogP contribution >= 0.6 is 15.9 Å². The van der Waals surface area contributed by atoms with Crippen LogP contribution in [0.5, 0.6) is 5.75 Å². The summed E-state index contributed by atoms with van der Waals surface area (Å²) in [6.07, 6.45) is 4.83. The molecule has 1 heterocycles. The van der Waals surface area contributed by atoms with Crippen molar-refractivity contribution in [2.24, 2.45) is 7.05 Å². The zero-order valence-electron chi connectivity index (χ0n) is 11.4. The van der Waals surface area contributed by atoms with Crippen molar-refractivity contribution in [3.8, 4) is 5.75 Å². The first-order valence-corrected chi connectivity index (χ1v) is 6.91. The van der Waals surface area contributed by atoms with Crippen molar-refractivity contribution < 1.29 is 4.74 Å². The van der Waals surface area contributed by atoms with E-state index in [-0.39, 0.29) is 6.04 Å². The normalized spacial score (nSPS) is 12.4. The van der Waals surface area contributed by atoms with E-state index < -0.39 is 0 Å². The summed E-state index contributed by atoms with van der Waals surface area (Å²) in [5.74, 6) is 0.865. The molecule has 1 unspecified atom stereocenters. The van der Waals surface area contributed by atoms with Crippen LogP contribution in [0.1, 0.15) is 17.2 Å². The van der Waals surface area contributed by atoms with Gasteiger partial charge < -0.3 is 10.1 Å². The van der Waals surface area contributed by atoms with Gasteiger partial charge in [-0.15, -0.1) is 0 Å². The number of methoxy groups -OCH3 is 1. The molecule has 0 saturated heterocycles. The molecule has 1 N–H and O–H groups in total. The molecule has 1 atom stereocenters. The van der Waals surface area contributed by atoms with E-state index in [1.165, 1.54) is 11.1 Å². The Kier molecular flexibility index (Phi) is 4.61. The van der Waals surface area contributed by atoms with Gasteiger partial charge in [0, 0.05) is 23.8 Å². The molecule has 0 amide bonds. The van der Waals surface area contributed by atoms with Crippen molar-refractivity contribution in [1.82, 2.24) is 15.1 Å². The number of likely N-dealkylation sites (N-methyl/N-ethyl adjacent to an activating group) is 1. The number of benzene rings is 1. The lowest BCUT2D eigenvalue weighted by atomic mass is 10.0. The standard InChI is InChI=1S/C14H18BrN3O/c1-16-14(6-10-8-17-18(2)9-10)12-7-11(19-3)4-5-13(12)15/h4-5,7-9,14,16H,6H2,1-3H3. The fourth-order valence-corrected chi connectivity index (χ4v) is 2.62. The predicted octanol–water partition coefficient (Wildman–Crippen LogP) is 2.69. The quantitative estimate of drug-likeness (QED) is 0.919. The lowest BCUT2D eigenvalue weighted by Crippen LogP contribution is -2.19. The molecule has 5 heteroatoms. The van der Waals surface area contributed by atoms with Crippen LogP contribution in [0.25, 0.3) is 0 Å². The molecular formula is C14H18BrN3O. The Morgan fingerprint density at radius 1 is 1.47 bits per heavy atom. The Bertz CT molecular complexity index is 553. The zero-order valence-corrected chi connectivity index (χ0v) is 12.9. The van der Waals surface area contributed by atoms with Crippen LogP contribution in [-0.4, -0.2) is 23.9 Å². The lowest BCUT2D eigenvalue weighted by Gasteiger charge is -2.18. The minimum Gasteiger partial charge on any atom is -0.497 e. The number of ether oxygens (including phenoxy) is 1. The van der Waals surface area contributed by atoms with Crippen molar-refractivity contribution in [3.05, 3.63) is 46.2 Å². The molecule has 2 rings (SSSR count). The van der Waals surface area contributed by atoms with Crippen LogP contribution < -0.4 is 10.1 Å². The van der Waals surface area contributed by atoms with Gasteiger partial charge in [-0.3, -0.25) is 4.68 Å². The van der Waals surface area contributed by atoms with Gasteiger partial charge in [-0.1, -0.05) is 15.9 Å². The topological polar surface area (TPSA) is 39.1 Å². The van der Waals surface area contributed by atoms with E-state index in [2.05, 4.69) is 32.4 Å². The van der Waals surface area contributed by atoms with Gasteiger partial charge in [0.1, 0.15) is 5.75 Å². The van der Waals surface area contributed by atoms with Gasteiger partial charge in [0.2, 0.25) is 0 Å². The third kappa shape index (κ3) is 3.36. The van der Waals surface area contributed by atoms with Crippen molar-refractivity contribution >= 4 is 15.9 Å². The SMILES string of the molecule is CNC(Cc1cnn(C)c1)c1cc(OC)ccc1Br. The van der Waals surface area contributed by atoms with Crippen LogP contribution in [-0.2, 0) is 13.5 Å². The largest absolute Gasteiger partial charge is 0.497 e. The third-order valence-electron chi connectivity index (χ3n) is 3.13. The van der Waals surface area contributed by atoms with Gasteiger partial charge in [-0.25, -0.2) is 0 Å². The molecule has 19 heavy (non-hydrogen) atoms. The number of nitrogens with zero attached hydrogens (tertiary/aromatic N) is 2. The van der Waals surface area contributed by atoms with Crippen LogP contribution in [0.2, 0.25) is 0 Å². The molecule has 0 saturated carbocycles. The average Bonchev–Trinajstić information content (AvgIpc) is 2.82. The summed E-state index contributed by atoms with van der Waals surface area (Å²) in [6, 6.07) is 6.24. The third-order valence-corrected chi connectivity index (χ3v) is 3.85. The van der Waals surface area contributed by atoms with Gasteiger partial charge in [-0.2, -0.15) is 5.10 Å². The zero-order chi connectivity index (χ0) is 13.8. The van der Waals surface area contributed by atoms with E-state index in [0.717, 1.165) is 16.6 Å². The number of halogens is 1. The van der Waals surface area contributed by atoms with Crippen molar-refractivity contribution in [2.45, 2.75) is 12.5 Å². The molecule has 1 aromatic heterocycles. The summed E-state index contributed by atoms with van der Waals surface area (Å²) < 4.78 is 8.20. The van der Waals surface area contributed by atoms with Crippen molar-refractivity contribution in [3.63, 3.8) is 0 Å². The first-order valence-electron chi connectivity index (χ1n) is 6.12. The highest BCUT2D eigenvalue weighted by Gasteiger charge is 2.15. The maximum absolute atomic E-state index is 5.29. The Morgan fingerprint density at radius 2 is 2.26 bits per heavy atom. The van der Waals surface area contributed by atoms with Gasteiger partial charge in [0.15, 0.2) is 0 Å². The van der Waals surface area contributed by atoms with Crippen molar-refractivity contribution in [1.29, 1.82) is 0 Å². The summed E-state index contributed by atoms with van der Waals surface area (Å²) in [4.78, 5) is 0. The average molecular weight is 324 g/mol. The minimum absolute atomic E-state index is 0.216. The molecule has 4 nitrogen and oxygen atoms in total. The molecule has 0 fully saturated rings. The molecule has 0 aliphatic rings. The van der Waals surface area contributed by atoms with Crippen molar-refractivity contribution in [2.75, 3.05) is 14.2 Å². The Balaban J connectivity index is 2.26. The second kappa shape index (κ2) is 6.21. The van der Waals surface area contributed by atoms with E-state index in [9.17, 15) is 0 Å². The van der Waals surface area contributed by atoms with Crippen LogP contribution in [0, 0.1) is 0 Å². The first-order chi connectivity index (χ1) is 9.13. The Hall–Kier alpha value is -1.33. The number of rotatable bonds is 5. The Morgan fingerprint density at radius 3 is 2.84 bits per heavy atom. The number of hydrogen-bond acceptors (Lipinski definition) is 3. The molecular weight excluding hydrogens is 306 g/mol. The van der Waals surface area contributed by atoms with E-state index in [1.54, 1.807) is 7.11 Å². The number of hydrogen-bond donors (Lipinski definition) is 1. The van der Waals surface area contributed by atoms with Crippen LogP contribution in [0.15, 0.2) is 35.1 Å². The summed E-state index contributed by atoms with van der Waals surface area (Å²) in [5, 5.41) is 7.55. The second-order valence-electron chi connectivity index (χ2n) is 4.46. The molecule has 0 bridgehead atoms. The molecule has 1 aromatic carbocycles. The molecule has 102 valence electrons. The van der Waals surface area contributed by atoms with E-state index in [4.69, 9.17) is 4.74 Å². The summed E-state index contributed by atoms with van der Waals surface area (Å²) in [6.45, 7) is 0. The first kappa shape index (κ1) is 14.1. The maximum atomic E-state index is 5.29. The van der Waals surface area contributed by atoms with Gasteiger partial charge in [0.25, 0.3) is 0 Å². The summed E-state index contributed by atoms with van der Waals surface area (Å²) in [5.41, 5.74) is 2.39. The molecule has 0 aliphatic heterocycles. The number of aromatic nitrogens is 2. The predicted molar refractivity (Wildman–Crippen MR) is 79.4 cm³/mol. The highest BCUT2D eigenvalue weighted by molar-refractivity contribution is 9.10. The van der Waals surface area contributed by atoms with Crippen LogP contribution in [0.4, 0.5) is 0 Å². The molecule has 0 spiro atoms. The smallest absolute Gasteiger partial charge is 0.119 e. The highest BCUT2D eigenvalue weighted by Crippen LogP contribution is 2.29. The minimum atomic E-state index is 0.216. The fourth-order valence-electron chi connectivity index (χ4n) is 2.10. The lowest BCUT2D eigenvalue weighted by molar-refractivity contribution is 0.413. The van der Waals surface area contributed by atoms with Gasteiger partial charge >= 0.3 is 0 Å². The van der Waals surface area contributed by atoms with Gasteiger partial charge in [-0.05, 0) is 42.8 Å². The van der Waals surface area contributed by atoms with Crippen LogP contribution in [0.3, 0.4) is 0 Å². The van der Waals surface area contributed by atoms with Gasteiger partial charge in [0.05, 0.1) is 13.3 Å². The number of nitrogens with one attached hydrogen (secondary N) is 1.